The molecule has 3 aromatic rings. The number of fused-ring (bicyclic) bond motifs is 1. The van der Waals surface area contributed by atoms with Crippen LogP contribution in [-0.4, -0.2) is 36.6 Å². The van der Waals surface area contributed by atoms with Gasteiger partial charge in [-0.25, -0.2) is 4.79 Å². The predicted molar refractivity (Wildman–Crippen MR) is 118 cm³/mol. The minimum absolute atomic E-state index is 0.0945. The highest BCUT2D eigenvalue weighted by Crippen LogP contribution is 2.21. The standard InChI is InChI=1S/C23H24N2O5S/c1-13-8-14(2)17(15(3)9-13)11-20(26)24-23-25(12-21(27)29-4)18-7-6-16(22(28)30-5)10-19(18)31-23/h6-10H,11-12H2,1-5H3. The van der Waals surface area contributed by atoms with Crippen LogP contribution in [0.25, 0.3) is 10.2 Å². The molecule has 0 aliphatic carbocycles. The van der Waals surface area contributed by atoms with Gasteiger partial charge in [0, 0.05) is 0 Å². The van der Waals surface area contributed by atoms with Crippen LogP contribution in [0.2, 0.25) is 0 Å². The number of thiazole rings is 1. The first-order chi connectivity index (χ1) is 14.7. The summed E-state index contributed by atoms with van der Waals surface area (Å²) in [4.78, 5) is 41.3. The lowest BCUT2D eigenvalue weighted by atomic mass is 9.97. The molecule has 1 amide bonds. The maximum Gasteiger partial charge on any atom is 0.337 e. The van der Waals surface area contributed by atoms with Crippen LogP contribution in [0.3, 0.4) is 0 Å². The highest BCUT2D eigenvalue weighted by Gasteiger charge is 2.15. The molecule has 0 atom stereocenters. The molecule has 0 unspecified atom stereocenters. The average Bonchev–Trinajstić information content (AvgIpc) is 3.05. The zero-order valence-electron chi connectivity index (χ0n) is 18.1. The van der Waals surface area contributed by atoms with Crippen LogP contribution in [-0.2, 0) is 32.0 Å². The van der Waals surface area contributed by atoms with Crippen molar-refractivity contribution in [1.82, 2.24) is 4.57 Å². The Morgan fingerprint density at radius 1 is 1.00 bits per heavy atom. The fourth-order valence-corrected chi connectivity index (χ4v) is 4.62. The summed E-state index contributed by atoms with van der Waals surface area (Å²) in [5, 5.41) is 0. The molecule has 0 fully saturated rings. The van der Waals surface area contributed by atoms with E-state index in [1.54, 1.807) is 22.8 Å². The molecule has 0 aliphatic heterocycles. The smallest absolute Gasteiger partial charge is 0.337 e. The second-order valence-electron chi connectivity index (χ2n) is 7.28. The lowest BCUT2D eigenvalue weighted by Crippen LogP contribution is -2.22. The Labute approximate surface area is 183 Å². The summed E-state index contributed by atoms with van der Waals surface area (Å²) in [7, 11) is 2.62. The molecule has 162 valence electrons. The van der Waals surface area contributed by atoms with Gasteiger partial charge in [0.1, 0.15) is 6.54 Å². The molecular formula is C23H24N2O5S. The first-order valence-electron chi connectivity index (χ1n) is 9.66. The molecule has 0 bridgehead atoms. The van der Waals surface area contributed by atoms with Gasteiger partial charge in [-0.05, 0) is 55.7 Å². The van der Waals surface area contributed by atoms with Gasteiger partial charge in [-0.3, -0.25) is 9.59 Å². The Hall–Kier alpha value is -3.26. The Morgan fingerprint density at radius 2 is 1.68 bits per heavy atom. The van der Waals surface area contributed by atoms with E-state index in [0.717, 1.165) is 22.3 Å². The molecule has 3 rings (SSSR count). The van der Waals surface area contributed by atoms with E-state index in [1.165, 1.54) is 25.6 Å². The molecule has 0 saturated carbocycles. The van der Waals surface area contributed by atoms with E-state index in [9.17, 15) is 14.4 Å². The molecule has 1 aromatic heterocycles. The van der Waals surface area contributed by atoms with Crippen molar-refractivity contribution in [3.8, 4) is 0 Å². The summed E-state index contributed by atoms with van der Waals surface area (Å²) in [6.07, 6.45) is 0.165. The van der Waals surface area contributed by atoms with Gasteiger partial charge >= 0.3 is 11.9 Å². The number of carbonyl (C=O) groups is 3. The minimum Gasteiger partial charge on any atom is -0.468 e. The van der Waals surface area contributed by atoms with E-state index in [4.69, 9.17) is 9.47 Å². The monoisotopic (exact) mass is 440 g/mol. The molecular weight excluding hydrogens is 416 g/mol. The van der Waals surface area contributed by atoms with Gasteiger partial charge < -0.3 is 14.0 Å². The van der Waals surface area contributed by atoms with Crippen molar-refractivity contribution in [1.29, 1.82) is 0 Å². The van der Waals surface area contributed by atoms with Gasteiger partial charge in [0.05, 0.1) is 36.4 Å². The van der Waals surface area contributed by atoms with E-state index in [-0.39, 0.29) is 18.9 Å². The fourth-order valence-electron chi connectivity index (χ4n) is 3.54. The molecule has 0 saturated heterocycles. The highest BCUT2D eigenvalue weighted by atomic mass is 32.1. The number of aryl methyl sites for hydroxylation is 3. The summed E-state index contributed by atoms with van der Waals surface area (Å²) >= 11 is 1.23. The summed E-state index contributed by atoms with van der Waals surface area (Å²) in [5.74, 6) is -1.24. The molecule has 0 aliphatic rings. The van der Waals surface area contributed by atoms with Crippen LogP contribution in [0.1, 0.15) is 32.6 Å². The van der Waals surface area contributed by atoms with Crippen molar-refractivity contribution < 1.29 is 23.9 Å². The van der Waals surface area contributed by atoms with Gasteiger partial charge in [-0.15, -0.1) is 0 Å². The number of methoxy groups -OCH3 is 2. The summed E-state index contributed by atoms with van der Waals surface area (Å²) in [5.41, 5.74) is 5.24. The molecule has 0 N–H and O–H groups in total. The quantitative estimate of drug-likeness (QED) is 0.569. The van der Waals surface area contributed by atoms with Crippen LogP contribution in [0.15, 0.2) is 35.3 Å². The number of nitrogens with zero attached hydrogens (tertiary/aromatic N) is 2. The van der Waals surface area contributed by atoms with Crippen molar-refractivity contribution in [2.24, 2.45) is 4.99 Å². The number of ether oxygens (including phenoxy) is 2. The largest absolute Gasteiger partial charge is 0.468 e. The van der Waals surface area contributed by atoms with Gasteiger partial charge in [-0.1, -0.05) is 29.0 Å². The Bertz CT molecular complexity index is 1230. The second-order valence-corrected chi connectivity index (χ2v) is 8.29. The first kappa shape index (κ1) is 22.4. The van der Waals surface area contributed by atoms with Crippen molar-refractivity contribution in [2.45, 2.75) is 33.7 Å². The molecule has 0 radical (unpaired) electrons. The molecule has 0 spiro atoms. The number of aromatic nitrogens is 1. The topological polar surface area (TPSA) is 87.0 Å². The number of carbonyl (C=O) groups excluding carboxylic acids is 3. The Balaban J connectivity index is 2.07. The molecule has 7 nitrogen and oxygen atoms in total. The van der Waals surface area contributed by atoms with E-state index < -0.39 is 11.9 Å². The van der Waals surface area contributed by atoms with Gasteiger partial charge in [0.2, 0.25) is 0 Å². The number of hydrogen-bond donors (Lipinski definition) is 0. The van der Waals surface area contributed by atoms with Crippen LogP contribution in [0.4, 0.5) is 0 Å². The van der Waals surface area contributed by atoms with E-state index in [2.05, 4.69) is 4.99 Å². The van der Waals surface area contributed by atoms with E-state index in [1.807, 2.05) is 32.9 Å². The van der Waals surface area contributed by atoms with Gasteiger partial charge in [0.15, 0.2) is 4.80 Å². The van der Waals surface area contributed by atoms with Gasteiger partial charge in [-0.2, -0.15) is 4.99 Å². The average molecular weight is 441 g/mol. The molecule has 8 heteroatoms. The van der Waals surface area contributed by atoms with Crippen molar-refractivity contribution in [3.63, 3.8) is 0 Å². The number of rotatable bonds is 5. The molecule has 2 aromatic carbocycles. The van der Waals surface area contributed by atoms with E-state index in [0.29, 0.717) is 20.6 Å². The third-order valence-electron chi connectivity index (χ3n) is 5.01. The minimum atomic E-state index is -0.463. The molecule has 31 heavy (non-hydrogen) atoms. The highest BCUT2D eigenvalue weighted by molar-refractivity contribution is 7.16. The lowest BCUT2D eigenvalue weighted by Gasteiger charge is -2.09. The maximum absolute atomic E-state index is 12.8. The van der Waals surface area contributed by atoms with Crippen LogP contribution < -0.4 is 4.80 Å². The summed E-state index contributed by atoms with van der Waals surface area (Å²) < 4.78 is 11.9. The predicted octanol–water partition coefficient (Wildman–Crippen LogP) is 3.26. The maximum atomic E-state index is 12.8. The fraction of sp³-hybridized carbons (Fsp3) is 0.304. The number of hydrogen-bond acceptors (Lipinski definition) is 6. The third-order valence-corrected chi connectivity index (χ3v) is 6.05. The summed E-state index contributed by atoms with van der Waals surface area (Å²) in [6, 6.07) is 9.07. The van der Waals surface area contributed by atoms with E-state index >= 15 is 0 Å². The lowest BCUT2D eigenvalue weighted by molar-refractivity contribution is -0.141. The zero-order chi connectivity index (χ0) is 22.7. The molecule has 1 heterocycles. The van der Waals surface area contributed by atoms with Crippen molar-refractivity contribution >= 4 is 39.4 Å². The van der Waals surface area contributed by atoms with Crippen molar-refractivity contribution in [3.05, 3.63) is 63.0 Å². The SMILES string of the molecule is COC(=O)Cn1c(=NC(=O)Cc2c(C)cc(C)cc2C)sc2cc(C(=O)OC)ccc21. The first-order valence-corrected chi connectivity index (χ1v) is 10.5. The zero-order valence-corrected chi connectivity index (χ0v) is 19.0. The normalized spacial score (nSPS) is 11.6. The number of amides is 1. The van der Waals surface area contributed by atoms with Crippen LogP contribution in [0.5, 0.6) is 0 Å². The van der Waals surface area contributed by atoms with Crippen LogP contribution >= 0.6 is 11.3 Å². The second kappa shape index (κ2) is 9.26. The Kier molecular flexibility index (Phi) is 6.70. The van der Waals surface area contributed by atoms with Gasteiger partial charge in [0.25, 0.3) is 5.91 Å². The summed E-state index contributed by atoms with van der Waals surface area (Å²) in [6.45, 7) is 5.88. The third kappa shape index (κ3) is 4.91. The number of benzene rings is 2. The Morgan fingerprint density at radius 3 is 2.29 bits per heavy atom. The number of esters is 2. The van der Waals surface area contributed by atoms with Crippen molar-refractivity contribution in [2.75, 3.05) is 14.2 Å². The van der Waals surface area contributed by atoms with Crippen LogP contribution in [0, 0.1) is 20.8 Å².